The zero-order chi connectivity index (χ0) is 34.5. The molecule has 260 valence electrons. The van der Waals surface area contributed by atoms with E-state index in [2.05, 4.69) is 14.0 Å². The van der Waals surface area contributed by atoms with Crippen molar-refractivity contribution in [2.75, 3.05) is 39.8 Å². The minimum atomic E-state index is -4.31. The van der Waals surface area contributed by atoms with Crippen LogP contribution < -0.4 is 14.2 Å². The number of hydrogen-bond acceptors (Lipinski definition) is 7. The molecule has 3 aromatic rings. The summed E-state index contributed by atoms with van der Waals surface area (Å²) < 4.78 is 44.1. The minimum absolute atomic E-state index is 0.125. The van der Waals surface area contributed by atoms with Gasteiger partial charge in [0.15, 0.2) is 0 Å². The number of carbonyl (C=O) groups excluding carboxylic acids is 3. The van der Waals surface area contributed by atoms with Crippen LogP contribution in [0.4, 0.5) is 4.79 Å². The quantitative estimate of drug-likeness (QED) is 0.395. The standard InChI is InChI=1S/C36H43N5O7S/c1-36(2)22-37-49(45,46)38-33(42)24-10-12-29-30(20-24)41-21-26(34(43)39-14-7-15-40(17-16-39)35(44)48-36)18-25-19-27(47-3)11-13-28(25)32(41)31(29)23-8-5-4-6-9-23/h10-13,18-20,23,37H,4-9,14-17,21-22H2,1-3H3,(H,38,42). The van der Waals surface area contributed by atoms with Gasteiger partial charge in [-0.25, -0.2) is 9.52 Å². The zero-order valence-electron chi connectivity index (χ0n) is 28.2. The van der Waals surface area contributed by atoms with Gasteiger partial charge in [-0.15, -0.1) is 0 Å². The molecular formula is C36H43N5O7S. The molecule has 2 N–H and O–H groups in total. The second-order valence-electron chi connectivity index (χ2n) is 14.1. The summed E-state index contributed by atoms with van der Waals surface area (Å²) in [5.74, 6) is 0.0384. The van der Waals surface area contributed by atoms with Gasteiger partial charge in [0.05, 0.1) is 25.9 Å². The van der Waals surface area contributed by atoms with Crippen LogP contribution in [0.25, 0.3) is 28.2 Å². The van der Waals surface area contributed by atoms with Gasteiger partial charge in [-0.2, -0.15) is 13.1 Å². The molecule has 6 bridgehead atoms. The van der Waals surface area contributed by atoms with Crippen LogP contribution in [0, 0.1) is 0 Å². The lowest BCUT2D eigenvalue weighted by molar-refractivity contribution is -0.127. The molecule has 0 atom stereocenters. The van der Waals surface area contributed by atoms with E-state index in [1.807, 2.05) is 30.3 Å². The van der Waals surface area contributed by atoms with Crippen LogP contribution in [-0.4, -0.2) is 86.1 Å². The highest BCUT2D eigenvalue weighted by molar-refractivity contribution is 7.88. The fraction of sp³-hybridized carbons (Fsp3) is 0.472. The number of fused-ring (bicyclic) bond motifs is 7. The minimum Gasteiger partial charge on any atom is -0.497 e. The third-order valence-electron chi connectivity index (χ3n) is 10.1. The molecule has 13 heteroatoms. The number of cyclic esters (lactones) is 1. The molecule has 0 spiro atoms. The summed E-state index contributed by atoms with van der Waals surface area (Å²) >= 11 is 0. The Hall–Kier alpha value is -4.36. The van der Waals surface area contributed by atoms with E-state index in [9.17, 15) is 22.8 Å². The lowest BCUT2D eigenvalue weighted by atomic mass is 9.81. The largest absolute Gasteiger partial charge is 0.497 e. The highest BCUT2D eigenvalue weighted by Crippen LogP contribution is 2.47. The van der Waals surface area contributed by atoms with Crippen molar-refractivity contribution in [3.05, 3.63) is 58.7 Å². The number of carbonyl (C=O) groups is 3. The average molecular weight is 690 g/mol. The second-order valence-corrected chi connectivity index (χ2v) is 15.6. The van der Waals surface area contributed by atoms with E-state index in [1.165, 1.54) is 12.0 Å². The van der Waals surface area contributed by atoms with Crippen LogP contribution >= 0.6 is 0 Å². The molecule has 4 heterocycles. The first-order valence-corrected chi connectivity index (χ1v) is 18.6. The molecule has 1 aliphatic carbocycles. The molecule has 3 aliphatic heterocycles. The van der Waals surface area contributed by atoms with Crippen LogP contribution in [-0.2, 0) is 26.3 Å². The molecule has 49 heavy (non-hydrogen) atoms. The Morgan fingerprint density at radius 2 is 1.67 bits per heavy atom. The van der Waals surface area contributed by atoms with Crippen molar-refractivity contribution in [1.29, 1.82) is 0 Å². The Bertz CT molecular complexity index is 1980. The number of ether oxygens (including phenoxy) is 2. The van der Waals surface area contributed by atoms with E-state index >= 15 is 0 Å². The molecule has 1 aromatic heterocycles. The van der Waals surface area contributed by atoms with Crippen molar-refractivity contribution in [3.8, 4) is 17.0 Å². The number of amides is 3. The Morgan fingerprint density at radius 1 is 0.918 bits per heavy atom. The number of benzene rings is 2. The van der Waals surface area contributed by atoms with E-state index in [0.717, 1.165) is 53.4 Å². The molecule has 0 unspecified atom stereocenters. The van der Waals surface area contributed by atoms with Crippen LogP contribution in [0.15, 0.2) is 42.0 Å². The van der Waals surface area contributed by atoms with Gasteiger partial charge in [0, 0.05) is 53.8 Å². The normalized spacial score (nSPS) is 21.6. The van der Waals surface area contributed by atoms with Gasteiger partial charge in [-0.3, -0.25) is 9.59 Å². The zero-order valence-corrected chi connectivity index (χ0v) is 29.0. The van der Waals surface area contributed by atoms with E-state index in [0.29, 0.717) is 37.4 Å². The smallest absolute Gasteiger partial charge is 0.410 e. The number of nitrogens with zero attached hydrogens (tertiary/aromatic N) is 3. The average Bonchev–Trinajstić information content (AvgIpc) is 3.22. The van der Waals surface area contributed by atoms with Crippen LogP contribution in [0.1, 0.15) is 79.8 Å². The van der Waals surface area contributed by atoms with Crippen molar-refractivity contribution < 1.29 is 32.3 Å². The lowest BCUT2D eigenvalue weighted by Gasteiger charge is -2.29. The van der Waals surface area contributed by atoms with Crippen molar-refractivity contribution >= 4 is 45.1 Å². The number of hydrogen-bond donors (Lipinski definition) is 2. The van der Waals surface area contributed by atoms with Gasteiger partial charge in [0.2, 0.25) is 0 Å². The summed E-state index contributed by atoms with van der Waals surface area (Å²) in [6.45, 7) is 4.62. The monoisotopic (exact) mass is 689 g/mol. The van der Waals surface area contributed by atoms with Crippen molar-refractivity contribution in [3.63, 3.8) is 0 Å². The Kier molecular flexibility index (Phi) is 8.68. The third kappa shape index (κ3) is 6.53. The predicted octanol–water partition coefficient (Wildman–Crippen LogP) is 4.79. The Balaban J connectivity index is 1.43. The molecule has 3 amide bonds. The molecule has 4 aliphatic rings. The van der Waals surface area contributed by atoms with Gasteiger partial charge in [0.25, 0.3) is 11.8 Å². The molecule has 0 radical (unpaired) electrons. The molecule has 2 aromatic carbocycles. The fourth-order valence-electron chi connectivity index (χ4n) is 7.64. The van der Waals surface area contributed by atoms with Crippen molar-refractivity contribution in [1.82, 2.24) is 23.8 Å². The molecule has 1 saturated carbocycles. The van der Waals surface area contributed by atoms with Crippen molar-refractivity contribution in [2.24, 2.45) is 0 Å². The van der Waals surface area contributed by atoms with E-state index in [1.54, 1.807) is 42.9 Å². The van der Waals surface area contributed by atoms with E-state index in [-0.39, 0.29) is 37.0 Å². The van der Waals surface area contributed by atoms with Crippen molar-refractivity contribution in [2.45, 2.75) is 70.4 Å². The summed E-state index contributed by atoms with van der Waals surface area (Å²) in [4.78, 5) is 44.5. The maximum Gasteiger partial charge on any atom is 0.410 e. The van der Waals surface area contributed by atoms with Crippen LogP contribution in [0.2, 0.25) is 0 Å². The summed E-state index contributed by atoms with van der Waals surface area (Å²) in [5, 5.41) is 0.989. The number of rotatable bonds is 2. The maximum atomic E-state index is 14.5. The van der Waals surface area contributed by atoms with E-state index < -0.39 is 27.8 Å². The maximum absolute atomic E-state index is 14.5. The Labute approximate surface area is 286 Å². The number of nitrogens with one attached hydrogen (secondary N) is 2. The highest BCUT2D eigenvalue weighted by atomic mass is 32.2. The third-order valence-corrected chi connectivity index (χ3v) is 11.1. The second kappa shape index (κ2) is 12.8. The first kappa shape index (κ1) is 33.2. The summed E-state index contributed by atoms with van der Waals surface area (Å²) in [5.41, 5.74) is 4.30. The van der Waals surface area contributed by atoms with Gasteiger partial charge >= 0.3 is 16.3 Å². The summed E-state index contributed by atoms with van der Waals surface area (Å²) in [6, 6.07) is 11.2. The number of aromatic nitrogens is 1. The first-order chi connectivity index (χ1) is 23.4. The molecule has 12 nitrogen and oxygen atoms in total. The molecular weight excluding hydrogens is 646 g/mol. The predicted molar refractivity (Wildman–Crippen MR) is 185 cm³/mol. The SMILES string of the molecule is COc1ccc2c(c1)C=C1Cn3c-2c(C2CCCCC2)c2ccc(cc23)C(=O)NS(=O)(=O)NCC(C)(C)OC(=O)N2CCCN(CC2)C1=O. The summed E-state index contributed by atoms with van der Waals surface area (Å²) in [7, 11) is -2.69. The van der Waals surface area contributed by atoms with Gasteiger partial charge in [-0.1, -0.05) is 25.3 Å². The Morgan fingerprint density at radius 3 is 2.45 bits per heavy atom. The molecule has 2 fully saturated rings. The summed E-state index contributed by atoms with van der Waals surface area (Å²) in [6.07, 6.45) is 7.41. The van der Waals surface area contributed by atoms with Crippen LogP contribution in [0.3, 0.4) is 0 Å². The molecule has 7 rings (SSSR count). The topological polar surface area (TPSA) is 139 Å². The highest BCUT2D eigenvalue weighted by Gasteiger charge is 2.34. The fourth-order valence-corrected chi connectivity index (χ4v) is 8.61. The molecule has 1 saturated heterocycles. The first-order valence-electron chi connectivity index (χ1n) is 17.1. The number of methoxy groups -OCH3 is 1. The van der Waals surface area contributed by atoms with E-state index in [4.69, 9.17) is 9.47 Å². The van der Waals surface area contributed by atoms with Crippen LogP contribution in [0.5, 0.6) is 5.75 Å². The van der Waals surface area contributed by atoms with Gasteiger partial charge in [0.1, 0.15) is 11.4 Å². The van der Waals surface area contributed by atoms with Gasteiger partial charge < -0.3 is 23.8 Å². The lowest BCUT2D eigenvalue weighted by Crippen LogP contribution is -2.49. The van der Waals surface area contributed by atoms with Gasteiger partial charge in [-0.05, 0) is 86.6 Å².